The number of hydrazone groups is 1. The molecule has 1 amide bonds. The zero-order valence-corrected chi connectivity index (χ0v) is 14.9. The number of rotatable bonds is 6. The van der Waals surface area contributed by atoms with Gasteiger partial charge in [-0.1, -0.05) is 35.5 Å². The Balaban J connectivity index is 1.64. The van der Waals surface area contributed by atoms with Crippen LogP contribution in [0.3, 0.4) is 0 Å². The van der Waals surface area contributed by atoms with E-state index in [1.54, 1.807) is 30.3 Å². The van der Waals surface area contributed by atoms with Crippen LogP contribution in [0.15, 0.2) is 56.6 Å². The van der Waals surface area contributed by atoms with Crippen LogP contribution in [0.5, 0.6) is 0 Å². The van der Waals surface area contributed by atoms with Gasteiger partial charge in [-0.2, -0.15) is 9.78 Å². The van der Waals surface area contributed by atoms with Crippen LogP contribution >= 0.6 is 0 Å². The van der Waals surface area contributed by atoms with E-state index in [9.17, 15) is 14.9 Å². The zero-order chi connectivity index (χ0) is 21.1. The smallest absolute Gasteiger partial charge is 0.400 e. The Hall–Kier alpha value is -4.88. The first kappa shape index (κ1) is 18.5. The number of aromatic nitrogens is 5. The van der Waals surface area contributed by atoms with Crippen molar-refractivity contribution >= 4 is 23.8 Å². The second-order valence-electron chi connectivity index (χ2n) is 5.67. The van der Waals surface area contributed by atoms with Gasteiger partial charge in [-0.05, 0) is 16.4 Å². The Morgan fingerprint density at radius 3 is 2.70 bits per heavy atom. The average Bonchev–Trinajstić information content (AvgIpc) is 3.47. The number of nitrogens with zero attached hydrogens (tertiary/aromatic N) is 7. The monoisotopic (exact) mass is 409 g/mol. The third kappa shape index (κ3) is 3.47. The van der Waals surface area contributed by atoms with E-state index in [1.807, 2.05) is 0 Å². The van der Waals surface area contributed by atoms with E-state index in [0.717, 1.165) is 6.21 Å². The molecular weight excluding hydrogens is 398 g/mol. The molecule has 0 spiro atoms. The SMILES string of the molecule is Nc1nonc1-n1nnc(C(=O)N/N=C/c2ccc([N+](=O)[O-])o2)c1-c1ccccc1. The second-order valence-corrected chi connectivity index (χ2v) is 5.67. The lowest BCUT2D eigenvalue weighted by atomic mass is 10.1. The summed E-state index contributed by atoms with van der Waals surface area (Å²) in [7, 11) is 0. The van der Waals surface area contributed by atoms with Crippen molar-refractivity contribution in [1.82, 2.24) is 30.7 Å². The van der Waals surface area contributed by atoms with Gasteiger partial charge in [0.15, 0.2) is 11.5 Å². The second kappa shape index (κ2) is 7.63. The summed E-state index contributed by atoms with van der Waals surface area (Å²) in [5, 5.41) is 29.4. The van der Waals surface area contributed by atoms with Gasteiger partial charge in [-0.3, -0.25) is 14.9 Å². The minimum Gasteiger partial charge on any atom is -0.400 e. The van der Waals surface area contributed by atoms with Crippen molar-refractivity contribution in [3.8, 4) is 17.1 Å². The molecule has 3 aromatic heterocycles. The molecule has 3 N–H and O–H groups in total. The Kier molecular flexibility index (Phi) is 4.70. The molecule has 4 aromatic rings. The lowest BCUT2D eigenvalue weighted by Gasteiger charge is -2.05. The van der Waals surface area contributed by atoms with Gasteiger partial charge in [0, 0.05) is 5.56 Å². The number of nitrogens with one attached hydrogen (secondary N) is 1. The summed E-state index contributed by atoms with van der Waals surface area (Å²) in [6.45, 7) is 0. The Morgan fingerprint density at radius 2 is 2.03 bits per heavy atom. The minimum absolute atomic E-state index is 0.0403. The molecule has 0 saturated heterocycles. The molecule has 1 aromatic carbocycles. The van der Waals surface area contributed by atoms with Crippen molar-refractivity contribution in [3.05, 3.63) is 64.0 Å². The molecular formula is C16H11N9O5. The normalized spacial score (nSPS) is 11.1. The lowest BCUT2D eigenvalue weighted by molar-refractivity contribution is -0.402. The van der Waals surface area contributed by atoms with Gasteiger partial charge in [0.05, 0.1) is 12.3 Å². The molecule has 14 heteroatoms. The van der Waals surface area contributed by atoms with E-state index in [2.05, 4.69) is 35.8 Å². The van der Waals surface area contributed by atoms with E-state index < -0.39 is 16.7 Å². The number of carbonyl (C=O) groups is 1. The third-order valence-electron chi connectivity index (χ3n) is 3.78. The number of benzene rings is 1. The molecule has 0 aliphatic heterocycles. The largest absolute Gasteiger partial charge is 0.433 e. The molecule has 0 atom stereocenters. The fourth-order valence-electron chi connectivity index (χ4n) is 2.49. The molecule has 3 heterocycles. The zero-order valence-electron chi connectivity index (χ0n) is 14.9. The quantitative estimate of drug-likeness (QED) is 0.265. The summed E-state index contributed by atoms with van der Waals surface area (Å²) >= 11 is 0. The van der Waals surface area contributed by atoms with Gasteiger partial charge >= 0.3 is 5.88 Å². The van der Waals surface area contributed by atoms with Crippen molar-refractivity contribution in [2.75, 3.05) is 5.73 Å². The van der Waals surface area contributed by atoms with Crippen molar-refractivity contribution < 1.29 is 18.8 Å². The first-order valence-corrected chi connectivity index (χ1v) is 8.21. The highest BCUT2D eigenvalue weighted by Crippen LogP contribution is 2.26. The number of nitrogens with two attached hydrogens (primary N) is 1. The molecule has 0 unspecified atom stereocenters. The van der Waals surface area contributed by atoms with Gasteiger partial charge < -0.3 is 10.2 Å². The van der Waals surface area contributed by atoms with E-state index in [0.29, 0.717) is 5.56 Å². The molecule has 150 valence electrons. The van der Waals surface area contributed by atoms with Gasteiger partial charge in [0.2, 0.25) is 11.6 Å². The average molecular weight is 409 g/mol. The molecule has 0 aliphatic rings. The van der Waals surface area contributed by atoms with Crippen molar-refractivity contribution in [3.63, 3.8) is 0 Å². The summed E-state index contributed by atoms with van der Waals surface area (Å²) in [6.07, 6.45) is 1.11. The van der Waals surface area contributed by atoms with E-state index in [1.165, 1.54) is 16.8 Å². The highest BCUT2D eigenvalue weighted by atomic mass is 16.6. The number of anilines is 1. The fraction of sp³-hybridized carbons (Fsp3) is 0. The van der Waals surface area contributed by atoms with Crippen LogP contribution < -0.4 is 11.2 Å². The standard InChI is InChI=1S/C16H11N9O5/c17-14-15(22-30-21-14)24-13(9-4-2-1-3-5-9)12(19-23-24)16(26)20-18-8-10-6-7-11(29-10)25(27)28/h1-8H,(H2,17,21)(H,20,26)/b18-8+. The number of furan rings is 1. The van der Waals surface area contributed by atoms with Crippen molar-refractivity contribution in [2.45, 2.75) is 0 Å². The predicted octanol–water partition coefficient (Wildman–Crippen LogP) is 1.16. The Morgan fingerprint density at radius 1 is 1.23 bits per heavy atom. The van der Waals surface area contributed by atoms with Crippen LogP contribution in [-0.2, 0) is 0 Å². The Labute approximate surface area is 166 Å². The maximum absolute atomic E-state index is 12.6. The number of amides is 1. The van der Waals surface area contributed by atoms with Crippen LogP contribution in [0, 0.1) is 10.1 Å². The maximum atomic E-state index is 12.6. The number of hydrogen-bond acceptors (Lipinski definition) is 11. The van der Waals surface area contributed by atoms with Crippen LogP contribution in [0.4, 0.5) is 11.7 Å². The summed E-state index contributed by atoms with van der Waals surface area (Å²) < 4.78 is 10.7. The molecule has 30 heavy (non-hydrogen) atoms. The molecule has 0 bridgehead atoms. The molecule has 0 fully saturated rings. The number of nitro groups is 1. The van der Waals surface area contributed by atoms with Crippen LogP contribution in [0.1, 0.15) is 16.2 Å². The Bertz CT molecular complexity index is 1240. The van der Waals surface area contributed by atoms with Crippen LogP contribution in [0.25, 0.3) is 17.1 Å². The van der Waals surface area contributed by atoms with Gasteiger partial charge in [0.1, 0.15) is 10.6 Å². The van der Waals surface area contributed by atoms with E-state index in [4.69, 9.17) is 10.2 Å². The lowest BCUT2D eigenvalue weighted by Crippen LogP contribution is -2.19. The molecule has 0 radical (unpaired) electrons. The molecule has 0 saturated carbocycles. The van der Waals surface area contributed by atoms with Crippen LogP contribution in [0.2, 0.25) is 0 Å². The fourth-order valence-corrected chi connectivity index (χ4v) is 2.49. The van der Waals surface area contributed by atoms with E-state index in [-0.39, 0.29) is 28.8 Å². The topological polar surface area (TPSA) is 193 Å². The highest BCUT2D eigenvalue weighted by Gasteiger charge is 2.25. The number of carbonyl (C=O) groups excluding carboxylic acids is 1. The first-order valence-electron chi connectivity index (χ1n) is 8.21. The summed E-state index contributed by atoms with van der Waals surface area (Å²) in [6, 6.07) is 11.3. The van der Waals surface area contributed by atoms with Crippen molar-refractivity contribution in [1.29, 1.82) is 0 Å². The van der Waals surface area contributed by atoms with Crippen LogP contribution in [-0.4, -0.2) is 42.4 Å². The molecule has 0 aliphatic carbocycles. The van der Waals surface area contributed by atoms with Gasteiger partial charge in [0.25, 0.3) is 5.91 Å². The third-order valence-corrected chi connectivity index (χ3v) is 3.78. The summed E-state index contributed by atoms with van der Waals surface area (Å²) in [5.41, 5.74) is 8.80. The maximum Gasteiger partial charge on any atom is 0.433 e. The molecule has 14 nitrogen and oxygen atoms in total. The summed E-state index contributed by atoms with van der Waals surface area (Å²) in [4.78, 5) is 22.6. The molecule has 4 rings (SSSR count). The summed E-state index contributed by atoms with van der Waals surface area (Å²) in [5.74, 6) is -1.05. The number of nitrogen functional groups attached to an aromatic ring is 1. The van der Waals surface area contributed by atoms with Gasteiger partial charge in [-0.25, -0.2) is 10.1 Å². The first-order chi connectivity index (χ1) is 14.5. The highest BCUT2D eigenvalue weighted by molar-refractivity contribution is 5.98. The minimum atomic E-state index is -0.701. The van der Waals surface area contributed by atoms with E-state index >= 15 is 0 Å². The number of hydrogen-bond donors (Lipinski definition) is 2. The van der Waals surface area contributed by atoms with Gasteiger partial charge in [-0.15, -0.1) is 5.10 Å². The predicted molar refractivity (Wildman–Crippen MR) is 99.5 cm³/mol. The van der Waals surface area contributed by atoms with Crippen molar-refractivity contribution in [2.24, 2.45) is 5.10 Å².